The number of hydrogen-bond donors (Lipinski definition) is 0. The van der Waals surface area contributed by atoms with E-state index in [1.165, 1.54) is 31.8 Å². The Kier molecular flexibility index (Phi) is 3.75. The third kappa shape index (κ3) is 2.43. The lowest BCUT2D eigenvalue weighted by Crippen LogP contribution is -2.12. The highest BCUT2D eigenvalue weighted by Crippen LogP contribution is 2.37. The van der Waals surface area contributed by atoms with Gasteiger partial charge < -0.3 is 4.74 Å². The lowest BCUT2D eigenvalue weighted by atomic mass is 10.3. The van der Waals surface area contributed by atoms with Gasteiger partial charge in [-0.2, -0.15) is 0 Å². The van der Waals surface area contributed by atoms with Gasteiger partial charge in [0.25, 0.3) is 10.0 Å². The first kappa shape index (κ1) is 14.2. The third-order valence-electron chi connectivity index (χ3n) is 2.46. The summed E-state index contributed by atoms with van der Waals surface area (Å²) in [5.74, 6) is 0.0144. The van der Waals surface area contributed by atoms with Crippen LogP contribution in [-0.4, -0.2) is 24.5 Å². The minimum atomic E-state index is -3.81. The Hall–Kier alpha value is -1.24. The van der Waals surface area contributed by atoms with Gasteiger partial charge in [-0.3, -0.25) is 0 Å². The predicted molar refractivity (Wildman–Crippen MR) is 72.6 cm³/mol. The minimum absolute atomic E-state index is 0.0144. The molecule has 0 bridgehead atoms. The molecule has 0 saturated carbocycles. The fourth-order valence-corrected chi connectivity index (χ4v) is 3.35. The Morgan fingerprint density at radius 2 is 2.00 bits per heavy atom. The summed E-state index contributed by atoms with van der Waals surface area (Å²) in [6, 6.07) is 2.75. The summed E-state index contributed by atoms with van der Waals surface area (Å²) in [6.45, 7) is 1.69. The van der Waals surface area contributed by atoms with Crippen LogP contribution < -0.4 is 4.74 Å². The van der Waals surface area contributed by atoms with Crippen molar-refractivity contribution in [2.45, 2.75) is 11.8 Å². The number of halogens is 2. The molecule has 0 fully saturated rings. The molecule has 0 aliphatic rings. The summed E-state index contributed by atoms with van der Waals surface area (Å²) in [7, 11) is -2.48. The van der Waals surface area contributed by atoms with E-state index in [9.17, 15) is 8.42 Å². The average Bonchev–Trinajstić information content (AvgIpc) is 2.79. The number of imidazole rings is 1. The van der Waals surface area contributed by atoms with Crippen molar-refractivity contribution < 1.29 is 13.2 Å². The highest BCUT2D eigenvalue weighted by molar-refractivity contribution is 7.90. The largest absolute Gasteiger partial charge is 0.494 e. The maximum absolute atomic E-state index is 12.4. The zero-order valence-corrected chi connectivity index (χ0v) is 12.4. The summed E-state index contributed by atoms with van der Waals surface area (Å²) in [4.78, 5) is 3.82. The Morgan fingerprint density at radius 3 is 2.53 bits per heavy atom. The maximum Gasteiger partial charge on any atom is 0.272 e. The van der Waals surface area contributed by atoms with Crippen molar-refractivity contribution in [3.05, 3.63) is 40.4 Å². The molecule has 0 radical (unpaired) electrons. The van der Waals surface area contributed by atoms with Crippen LogP contribution in [0.4, 0.5) is 0 Å². The Balaban J connectivity index is 2.68. The molecule has 2 aromatic rings. The summed E-state index contributed by atoms with van der Waals surface area (Å²) >= 11 is 11.8. The van der Waals surface area contributed by atoms with Gasteiger partial charge in [0.15, 0.2) is 5.75 Å². The van der Waals surface area contributed by atoms with Crippen molar-refractivity contribution in [1.29, 1.82) is 0 Å². The molecule has 0 saturated heterocycles. The van der Waals surface area contributed by atoms with E-state index in [2.05, 4.69) is 4.98 Å². The van der Waals surface area contributed by atoms with Crippen LogP contribution in [0.1, 0.15) is 5.69 Å². The second-order valence-corrected chi connectivity index (χ2v) is 6.34. The van der Waals surface area contributed by atoms with Gasteiger partial charge in [-0.25, -0.2) is 17.4 Å². The van der Waals surface area contributed by atoms with Crippen molar-refractivity contribution in [3.63, 3.8) is 0 Å². The third-order valence-corrected chi connectivity index (χ3v) is 4.88. The van der Waals surface area contributed by atoms with Gasteiger partial charge in [-0.1, -0.05) is 23.2 Å². The highest BCUT2D eigenvalue weighted by Gasteiger charge is 2.24. The van der Waals surface area contributed by atoms with Crippen LogP contribution in [0.3, 0.4) is 0 Å². The summed E-state index contributed by atoms with van der Waals surface area (Å²) in [6.07, 6.45) is 2.61. The fourth-order valence-electron chi connectivity index (χ4n) is 1.55. The van der Waals surface area contributed by atoms with Crippen LogP contribution in [0.5, 0.6) is 5.75 Å². The molecule has 0 spiro atoms. The summed E-state index contributed by atoms with van der Waals surface area (Å²) in [5, 5.41) is 0.279. The number of ether oxygens (including phenoxy) is 1. The first-order valence-corrected chi connectivity index (χ1v) is 7.35. The molecule has 8 heteroatoms. The topological polar surface area (TPSA) is 61.2 Å². The molecule has 1 aromatic carbocycles. The molecule has 0 aliphatic carbocycles. The standard InChI is InChI=1S/C11H10Cl2N2O3S/c1-7-5-15(6-14-7)19(16,17)9-4-3-8(12)10(13)11(9)18-2/h3-6H,1-2H3. The van der Waals surface area contributed by atoms with Gasteiger partial charge >= 0.3 is 0 Å². The smallest absolute Gasteiger partial charge is 0.272 e. The van der Waals surface area contributed by atoms with Crippen LogP contribution >= 0.6 is 23.2 Å². The minimum Gasteiger partial charge on any atom is -0.494 e. The van der Waals surface area contributed by atoms with E-state index in [4.69, 9.17) is 27.9 Å². The van der Waals surface area contributed by atoms with E-state index in [0.29, 0.717) is 5.69 Å². The monoisotopic (exact) mass is 320 g/mol. The lowest BCUT2D eigenvalue weighted by Gasteiger charge is -2.12. The van der Waals surface area contributed by atoms with Gasteiger partial charge in [0.1, 0.15) is 16.2 Å². The Labute approximate surface area is 120 Å². The van der Waals surface area contributed by atoms with E-state index in [1.807, 2.05) is 0 Å². The van der Waals surface area contributed by atoms with Gasteiger partial charge in [0, 0.05) is 6.20 Å². The molecule has 5 nitrogen and oxygen atoms in total. The van der Waals surface area contributed by atoms with Crippen LogP contribution in [0.2, 0.25) is 10.0 Å². The van der Waals surface area contributed by atoms with Crippen LogP contribution in [0, 0.1) is 6.92 Å². The first-order chi connectivity index (χ1) is 8.87. The molecule has 0 aliphatic heterocycles. The van der Waals surface area contributed by atoms with E-state index in [-0.39, 0.29) is 20.7 Å². The SMILES string of the molecule is COc1c(S(=O)(=O)n2cnc(C)c2)ccc(Cl)c1Cl. The van der Waals surface area contributed by atoms with Gasteiger partial charge in [-0.05, 0) is 19.1 Å². The molecular weight excluding hydrogens is 311 g/mol. The molecule has 19 heavy (non-hydrogen) atoms. The Morgan fingerprint density at radius 1 is 1.32 bits per heavy atom. The van der Waals surface area contributed by atoms with E-state index >= 15 is 0 Å². The second-order valence-electron chi connectivity index (χ2n) is 3.74. The lowest BCUT2D eigenvalue weighted by molar-refractivity contribution is 0.402. The van der Waals surface area contributed by atoms with Crippen molar-refractivity contribution in [1.82, 2.24) is 8.96 Å². The number of benzene rings is 1. The zero-order chi connectivity index (χ0) is 14.2. The van der Waals surface area contributed by atoms with Crippen LogP contribution in [0.25, 0.3) is 0 Å². The molecule has 2 rings (SSSR count). The predicted octanol–water partition coefficient (Wildman–Crippen LogP) is 2.74. The number of aryl methyl sites for hydroxylation is 1. The van der Waals surface area contributed by atoms with Gasteiger partial charge in [-0.15, -0.1) is 0 Å². The van der Waals surface area contributed by atoms with Crippen molar-refractivity contribution in [2.75, 3.05) is 7.11 Å². The van der Waals surface area contributed by atoms with Gasteiger partial charge in [0.05, 0.1) is 17.8 Å². The average molecular weight is 321 g/mol. The van der Waals surface area contributed by atoms with Crippen molar-refractivity contribution in [3.8, 4) is 5.75 Å². The van der Waals surface area contributed by atoms with Gasteiger partial charge in [0.2, 0.25) is 0 Å². The van der Waals surface area contributed by atoms with Crippen LogP contribution in [0.15, 0.2) is 29.6 Å². The number of hydrogen-bond acceptors (Lipinski definition) is 4. The second kappa shape index (κ2) is 5.03. The number of methoxy groups -OCH3 is 1. The number of rotatable bonds is 3. The van der Waals surface area contributed by atoms with Crippen LogP contribution in [-0.2, 0) is 10.0 Å². The van der Waals surface area contributed by atoms with Crippen molar-refractivity contribution in [2.24, 2.45) is 0 Å². The van der Waals surface area contributed by atoms with E-state index in [1.54, 1.807) is 6.92 Å². The number of aromatic nitrogens is 2. The zero-order valence-electron chi connectivity index (χ0n) is 10.1. The highest BCUT2D eigenvalue weighted by atomic mass is 35.5. The molecule has 0 atom stereocenters. The number of nitrogens with zero attached hydrogens (tertiary/aromatic N) is 2. The van der Waals surface area contributed by atoms with E-state index in [0.717, 1.165) is 3.97 Å². The Bertz CT molecular complexity index is 726. The van der Waals surface area contributed by atoms with E-state index < -0.39 is 10.0 Å². The quantitative estimate of drug-likeness (QED) is 0.872. The molecule has 0 N–H and O–H groups in total. The molecule has 0 amide bonds. The molecule has 102 valence electrons. The molecule has 1 heterocycles. The fraction of sp³-hybridized carbons (Fsp3) is 0.182. The normalized spacial score (nSPS) is 11.6. The van der Waals surface area contributed by atoms with Crippen molar-refractivity contribution >= 4 is 33.2 Å². The maximum atomic E-state index is 12.4. The first-order valence-electron chi connectivity index (χ1n) is 5.16. The molecule has 0 unspecified atom stereocenters. The molecule has 1 aromatic heterocycles. The summed E-state index contributed by atoms with van der Waals surface area (Å²) < 4.78 is 30.9. The molecular formula is C11H10Cl2N2O3S. The summed E-state index contributed by atoms with van der Waals surface area (Å²) in [5.41, 5.74) is 0.586.